The molecule has 5 heteroatoms. The molecule has 0 aliphatic rings. The van der Waals surface area contributed by atoms with E-state index >= 15 is 0 Å². The fourth-order valence-corrected chi connectivity index (χ4v) is 0.974. The van der Waals surface area contributed by atoms with Gasteiger partial charge in [0, 0.05) is 24.3 Å². The van der Waals surface area contributed by atoms with Gasteiger partial charge in [0.2, 0.25) is 5.91 Å². The Bertz CT molecular complexity index is 326. The molecule has 0 spiro atoms. The van der Waals surface area contributed by atoms with E-state index in [4.69, 9.17) is 11.5 Å². The van der Waals surface area contributed by atoms with Crippen LogP contribution in [-0.4, -0.2) is 23.5 Å². The number of amides is 1. The molecule has 0 aromatic carbocycles. The average molecular weight is 194 g/mol. The summed E-state index contributed by atoms with van der Waals surface area (Å²) in [6.07, 6.45) is 1.53. The van der Waals surface area contributed by atoms with Crippen LogP contribution in [0.3, 0.4) is 0 Å². The molecule has 0 aliphatic heterocycles. The molecule has 5 nitrogen and oxygen atoms in total. The molecule has 0 aliphatic carbocycles. The van der Waals surface area contributed by atoms with Crippen molar-refractivity contribution in [3.8, 4) is 0 Å². The minimum absolute atomic E-state index is 0.116. The van der Waals surface area contributed by atoms with Crippen molar-refractivity contribution < 1.29 is 4.79 Å². The first-order chi connectivity index (χ1) is 6.63. The summed E-state index contributed by atoms with van der Waals surface area (Å²) >= 11 is 0. The molecule has 1 aromatic rings. The van der Waals surface area contributed by atoms with Crippen LogP contribution < -0.4 is 16.8 Å². The van der Waals surface area contributed by atoms with Crippen LogP contribution in [0.4, 0.5) is 5.82 Å². The lowest BCUT2D eigenvalue weighted by molar-refractivity contribution is 0.1000. The molecule has 1 unspecified atom stereocenters. The molecule has 0 radical (unpaired) electrons. The fourth-order valence-electron chi connectivity index (χ4n) is 0.974. The average Bonchev–Trinajstić information content (AvgIpc) is 2.18. The summed E-state index contributed by atoms with van der Waals surface area (Å²) in [6, 6.07) is 3.29. The second-order valence-electron chi connectivity index (χ2n) is 3.08. The highest BCUT2D eigenvalue weighted by Crippen LogP contribution is 2.06. The van der Waals surface area contributed by atoms with Crippen molar-refractivity contribution in [3.05, 3.63) is 23.9 Å². The maximum absolute atomic E-state index is 10.9. The maximum atomic E-state index is 10.9. The van der Waals surface area contributed by atoms with E-state index in [1.54, 1.807) is 12.1 Å². The van der Waals surface area contributed by atoms with Crippen LogP contribution in [-0.2, 0) is 0 Å². The standard InChI is InChI=1S/C9H14N4O/c1-6(5-10)13-8-4-7(9(11)14)2-3-12-8/h2-4,6H,5,10H2,1H3,(H2,11,14)(H,12,13). The van der Waals surface area contributed by atoms with Gasteiger partial charge >= 0.3 is 0 Å². The van der Waals surface area contributed by atoms with Crippen LogP contribution >= 0.6 is 0 Å². The third kappa shape index (κ3) is 2.70. The highest BCUT2D eigenvalue weighted by molar-refractivity contribution is 5.93. The molecule has 0 saturated heterocycles. The summed E-state index contributed by atoms with van der Waals surface area (Å²) < 4.78 is 0. The van der Waals surface area contributed by atoms with Crippen LogP contribution in [0.1, 0.15) is 17.3 Å². The second kappa shape index (κ2) is 4.57. The van der Waals surface area contributed by atoms with Crippen LogP contribution in [0.25, 0.3) is 0 Å². The third-order valence-electron chi connectivity index (χ3n) is 1.79. The van der Waals surface area contributed by atoms with Crippen molar-refractivity contribution in [2.45, 2.75) is 13.0 Å². The number of primary amides is 1. The largest absolute Gasteiger partial charge is 0.366 e. The third-order valence-corrected chi connectivity index (χ3v) is 1.79. The number of nitrogens with two attached hydrogens (primary N) is 2. The zero-order valence-electron chi connectivity index (χ0n) is 8.03. The number of carbonyl (C=O) groups excluding carboxylic acids is 1. The van der Waals surface area contributed by atoms with Gasteiger partial charge in [0.15, 0.2) is 0 Å². The Morgan fingerprint density at radius 2 is 2.43 bits per heavy atom. The van der Waals surface area contributed by atoms with Gasteiger partial charge in [-0.05, 0) is 19.1 Å². The number of hydrogen-bond donors (Lipinski definition) is 3. The second-order valence-corrected chi connectivity index (χ2v) is 3.08. The lowest BCUT2D eigenvalue weighted by atomic mass is 10.2. The molecule has 1 heterocycles. The van der Waals surface area contributed by atoms with Crippen molar-refractivity contribution in [1.29, 1.82) is 0 Å². The Morgan fingerprint density at radius 3 is 3.00 bits per heavy atom. The predicted molar refractivity (Wildman–Crippen MR) is 54.9 cm³/mol. The summed E-state index contributed by atoms with van der Waals surface area (Å²) in [5, 5.41) is 3.04. The highest BCUT2D eigenvalue weighted by Gasteiger charge is 2.04. The van der Waals surface area contributed by atoms with Crippen LogP contribution in [0, 0.1) is 0 Å². The van der Waals surface area contributed by atoms with Crippen LogP contribution in [0.5, 0.6) is 0 Å². The first-order valence-electron chi connectivity index (χ1n) is 4.36. The Hall–Kier alpha value is -1.62. The Kier molecular flexibility index (Phi) is 3.41. The molecule has 0 saturated carbocycles. The van der Waals surface area contributed by atoms with Gasteiger partial charge in [-0.25, -0.2) is 4.98 Å². The molecule has 14 heavy (non-hydrogen) atoms. The van der Waals surface area contributed by atoms with Crippen molar-refractivity contribution in [2.24, 2.45) is 11.5 Å². The van der Waals surface area contributed by atoms with Crippen LogP contribution in [0.15, 0.2) is 18.3 Å². The van der Waals surface area contributed by atoms with E-state index in [9.17, 15) is 4.79 Å². The Labute approximate surface area is 82.5 Å². The first kappa shape index (κ1) is 10.5. The van der Waals surface area contributed by atoms with Gasteiger partial charge in [-0.1, -0.05) is 0 Å². The zero-order valence-corrected chi connectivity index (χ0v) is 8.03. The molecule has 1 aromatic heterocycles. The van der Waals surface area contributed by atoms with Gasteiger partial charge in [0.05, 0.1) is 0 Å². The van der Waals surface area contributed by atoms with E-state index in [2.05, 4.69) is 10.3 Å². The number of anilines is 1. The molecular formula is C9H14N4O. The molecular weight excluding hydrogens is 180 g/mol. The van der Waals surface area contributed by atoms with Crippen molar-refractivity contribution in [3.63, 3.8) is 0 Å². The first-order valence-corrected chi connectivity index (χ1v) is 4.36. The predicted octanol–water partition coefficient (Wildman–Crippen LogP) is -0.0604. The highest BCUT2D eigenvalue weighted by atomic mass is 16.1. The number of carbonyl (C=O) groups is 1. The number of aromatic nitrogens is 1. The van der Waals surface area contributed by atoms with Gasteiger partial charge in [0.1, 0.15) is 5.82 Å². The molecule has 1 atom stereocenters. The summed E-state index contributed by atoms with van der Waals surface area (Å²) in [7, 11) is 0. The van der Waals surface area contributed by atoms with Crippen LogP contribution in [0.2, 0.25) is 0 Å². The minimum atomic E-state index is -0.462. The van der Waals surface area contributed by atoms with Crippen molar-refractivity contribution in [1.82, 2.24) is 4.98 Å². The normalized spacial score (nSPS) is 12.1. The monoisotopic (exact) mass is 194 g/mol. The summed E-state index contributed by atoms with van der Waals surface area (Å²) in [5.41, 5.74) is 11.0. The molecule has 1 rings (SSSR count). The van der Waals surface area contributed by atoms with E-state index in [0.717, 1.165) is 0 Å². The minimum Gasteiger partial charge on any atom is -0.366 e. The quantitative estimate of drug-likeness (QED) is 0.625. The molecule has 0 bridgehead atoms. The number of nitrogens with one attached hydrogen (secondary N) is 1. The van der Waals surface area contributed by atoms with Gasteiger partial charge in [-0.2, -0.15) is 0 Å². The molecule has 1 amide bonds. The van der Waals surface area contributed by atoms with E-state index < -0.39 is 5.91 Å². The SMILES string of the molecule is CC(CN)Nc1cc(C(N)=O)ccn1. The van der Waals surface area contributed by atoms with Gasteiger partial charge < -0.3 is 16.8 Å². The zero-order chi connectivity index (χ0) is 10.6. The topological polar surface area (TPSA) is 94.0 Å². The van der Waals surface area contributed by atoms with E-state index in [0.29, 0.717) is 17.9 Å². The maximum Gasteiger partial charge on any atom is 0.248 e. The fraction of sp³-hybridized carbons (Fsp3) is 0.333. The molecule has 76 valence electrons. The van der Waals surface area contributed by atoms with Gasteiger partial charge in [-0.3, -0.25) is 4.79 Å². The number of rotatable bonds is 4. The summed E-state index contributed by atoms with van der Waals surface area (Å²) in [4.78, 5) is 14.9. The number of nitrogens with zero attached hydrogens (tertiary/aromatic N) is 1. The summed E-state index contributed by atoms with van der Waals surface area (Å²) in [6.45, 7) is 2.43. The van der Waals surface area contributed by atoms with Gasteiger partial charge in [0.25, 0.3) is 0 Å². The van der Waals surface area contributed by atoms with E-state index in [1.165, 1.54) is 6.20 Å². The number of pyridine rings is 1. The Morgan fingerprint density at radius 1 is 1.71 bits per heavy atom. The van der Waals surface area contributed by atoms with E-state index in [-0.39, 0.29) is 6.04 Å². The number of hydrogen-bond acceptors (Lipinski definition) is 4. The lowest BCUT2D eigenvalue weighted by Gasteiger charge is -2.11. The Balaban J connectivity index is 2.78. The molecule has 5 N–H and O–H groups in total. The summed E-state index contributed by atoms with van der Waals surface area (Å²) in [5.74, 6) is 0.148. The smallest absolute Gasteiger partial charge is 0.248 e. The molecule has 0 fully saturated rings. The lowest BCUT2D eigenvalue weighted by Crippen LogP contribution is -2.25. The van der Waals surface area contributed by atoms with Crippen molar-refractivity contribution >= 4 is 11.7 Å². The van der Waals surface area contributed by atoms with Crippen molar-refractivity contribution in [2.75, 3.05) is 11.9 Å². The van der Waals surface area contributed by atoms with Gasteiger partial charge in [-0.15, -0.1) is 0 Å². The van der Waals surface area contributed by atoms with E-state index in [1.807, 2.05) is 6.92 Å².